The van der Waals surface area contributed by atoms with Gasteiger partial charge < -0.3 is 5.11 Å². The highest BCUT2D eigenvalue weighted by Gasteiger charge is 2.24. The Labute approximate surface area is 136 Å². The first-order valence-electron chi connectivity index (χ1n) is 6.79. The first kappa shape index (κ1) is 16.8. The quantitative estimate of drug-likeness (QED) is 0.687. The Hall–Kier alpha value is -2.60. The van der Waals surface area contributed by atoms with Gasteiger partial charge in [0.15, 0.2) is 5.78 Å². The number of allylic oxidation sites excluding steroid dienone is 1. The fourth-order valence-electron chi connectivity index (χ4n) is 2.24. The van der Waals surface area contributed by atoms with Crippen molar-refractivity contribution in [2.45, 2.75) is 19.9 Å². The molecule has 0 saturated heterocycles. The Morgan fingerprint density at radius 1 is 1.39 bits per heavy atom. The maximum Gasteiger partial charge on any atom is 0.339 e. The molecule has 1 unspecified atom stereocenters. The summed E-state index contributed by atoms with van der Waals surface area (Å²) < 4.78 is 1.74. The highest BCUT2D eigenvalue weighted by Crippen LogP contribution is 2.19. The Balaban J connectivity index is 3.01. The van der Waals surface area contributed by atoms with E-state index in [-0.39, 0.29) is 5.69 Å². The summed E-state index contributed by atoms with van der Waals surface area (Å²) in [6, 6.07) is 5.48. The van der Waals surface area contributed by atoms with Crippen molar-refractivity contribution in [1.29, 1.82) is 0 Å². The molecule has 23 heavy (non-hydrogen) atoms. The summed E-state index contributed by atoms with van der Waals surface area (Å²) >= 11 is 5.91. The number of halogens is 1. The molecule has 1 aromatic heterocycles. The summed E-state index contributed by atoms with van der Waals surface area (Å²) in [5.41, 5.74) is -1.93. The second-order valence-corrected chi connectivity index (χ2v) is 5.44. The third-order valence-corrected chi connectivity index (χ3v) is 3.67. The van der Waals surface area contributed by atoms with Crippen molar-refractivity contribution < 1.29 is 9.90 Å². The smallest absolute Gasteiger partial charge is 0.339 e. The number of Topliss-reactive ketones (excluding diaryl/α,β-unsaturated/α-hetero) is 1. The van der Waals surface area contributed by atoms with E-state index in [1.165, 1.54) is 18.2 Å². The third-order valence-electron chi connectivity index (χ3n) is 3.43. The topological polar surface area (TPSA) is 81.3 Å². The van der Waals surface area contributed by atoms with Crippen LogP contribution < -0.4 is 11.2 Å². The van der Waals surface area contributed by atoms with E-state index in [1.54, 1.807) is 19.1 Å². The van der Waals surface area contributed by atoms with Gasteiger partial charge >= 0.3 is 5.69 Å². The van der Waals surface area contributed by atoms with Gasteiger partial charge in [-0.25, -0.2) is 9.36 Å². The van der Waals surface area contributed by atoms with E-state index < -0.39 is 34.5 Å². The molecule has 0 fully saturated rings. The zero-order valence-electron chi connectivity index (χ0n) is 12.6. The van der Waals surface area contributed by atoms with Crippen molar-refractivity contribution in [1.82, 2.24) is 9.13 Å². The molecule has 120 valence electrons. The molecule has 0 aliphatic heterocycles. The minimum absolute atomic E-state index is 0.208. The molecule has 1 N–H and O–H groups in total. The molecular formula is C16H15ClN2O4. The molecule has 2 aromatic rings. The number of aromatic nitrogens is 2. The summed E-state index contributed by atoms with van der Waals surface area (Å²) in [4.78, 5) is 37.0. The average Bonchev–Trinajstić information content (AvgIpc) is 2.46. The minimum Gasteiger partial charge on any atom is -0.494 e. The van der Waals surface area contributed by atoms with Gasteiger partial charge in [-0.15, -0.1) is 6.58 Å². The molecule has 0 amide bonds. The van der Waals surface area contributed by atoms with Gasteiger partial charge in [0, 0.05) is 5.02 Å². The molecule has 0 spiro atoms. The second kappa shape index (κ2) is 6.26. The zero-order valence-corrected chi connectivity index (χ0v) is 13.4. The molecule has 0 saturated carbocycles. The zero-order chi connectivity index (χ0) is 17.3. The number of hydrogen-bond donors (Lipinski definition) is 1. The number of nitrogens with zero attached hydrogens (tertiary/aromatic N) is 2. The summed E-state index contributed by atoms with van der Waals surface area (Å²) in [6.45, 7) is 6.32. The lowest BCUT2D eigenvalue weighted by atomic mass is 10.2. The number of ketones is 1. The van der Waals surface area contributed by atoms with Crippen LogP contribution >= 0.6 is 11.6 Å². The molecule has 1 atom stereocenters. The van der Waals surface area contributed by atoms with Crippen molar-refractivity contribution in [2.75, 3.05) is 0 Å². The van der Waals surface area contributed by atoms with Crippen molar-refractivity contribution >= 4 is 17.4 Å². The predicted octanol–water partition coefficient (Wildman–Crippen LogP) is 2.31. The Morgan fingerprint density at radius 2 is 2.04 bits per heavy atom. The number of hydrogen-bond acceptors (Lipinski definition) is 4. The molecule has 0 bridgehead atoms. The van der Waals surface area contributed by atoms with E-state index >= 15 is 0 Å². The van der Waals surface area contributed by atoms with Crippen molar-refractivity contribution in [3.05, 3.63) is 68.3 Å². The van der Waals surface area contributed by atoms with E-state index in [9.17, 15) is 19.5 Å². The van der Waals surface area contributed by atoms with Crippen LogP contribution in [0, 0.1) is 0 Å². The first-order chi connectivity index (χ1) is 10.8. The summed E-state index contributed by atoms with van der Waals surface area (Å²) in [6.07, 6.45) is 1.41. The fraction of sp³-hybridized carbons (Fsp3) is 0.188. The lowest BCUT2D eigenvalue weighted by Gasteiger charge is -2.17. The van der Waals surface area contributed by atoms with Crippen LogP contribution in [0.5, 0.6) is 5.88 Å². The highest BCUT2D eigenvalue weighted by molar-refractivity contribution is 6.30. The Bertz CT molecular complexity index is 911. The summed E-state index contributed by atoms with van der Waals surface area (Å²) in [7, 11) is 0. The average molecular weight is 335 g/mol. The molecule has 0 aliphatic rings. The molecule has 1 heterocycles. The number of aromatic hydroxyl groups is 1. The molecule has 0 radical (unpaired) electrons. The van der Waals surface area contributed by atoms with Crippen LogP contribution in [0.3, 0.4) is 0 Å². The molecular weight excluding hydrogens is 320 g/mol. The van der Waals surface area contributed by atoms with Crippen molar-refractivity contribution in [2.24, 2.45) is 0 Å². The molecule has 6 nitrogen and oxygen atoms in total. The highest BCUT2D eigenvalue weighted by atomic mass is 35.5. The summed E-state index contributed by atoms with van der Waals surface area (Å²) in [5, 5.41) is 10.5. The Kier molecular flexibility index (Phi) is 4.56. The third kappa shape index (κ3) is 2.85. The number of benzene rings is 1. The Morgan fingerprint density at radius 3 is 2.57 bits per heavy atom. The minimum atomic E-state index is -0.894. The van der Waals surface area contributed by atoms with E-state index in [1.807, 2.05) is 0 Å². The van der Waals surface area contributed by atoms with Gasteiger partial charge in [0.2, 0.25) is 5.88 Å². The number of carbonyl (C=O) groups is 1. The largest absolute Gasteiger partial charge is 0.494 e. The standard InChI is InChI=1S/C16H15ClN2O4/c1-4-9(2)18-14(21)13(10(3)20)15(22)19(16(18)23)12-7-5-6-11(17)8-12/h4-9,21H,1H2,2-3H3. The van der Waals surface area contributed by atoms with Gasteiger partial charge in [0.1, 0.15) is 5.56 Å². The molecule has 7 heteroatoms. The van der Waals surface area contributed by atoms with Crippen LogP contribution in [0.2, 0.25) is 5.02 Å². The van der Waals surface area contributed by atoms with Crippen LogP contribution in [0.1, 0.15) is 30.2 Å². The first-order valence-corrected chi connectivity index (χ1v) is 7.17. The van der Waals surface area contributed by atoms with E-state index in [0.717, 1.165) is 16.1 Å². The monoisotopic (exact) mass is 334 g/mol. The number of rotatable bonds is 4. The van der Waals surface area contributed by atoms with Crippen LogP contribution in [-0.2, 0) is 0 Å². The van der Waals surface area contributed by atoms with Crippen molar-refractivity contribution in [3.63, 3.8) is 0 Å². The maximum atomic E-state index is 12.7. The van der Waals surface area contributed by atoms with Gasteiger partial charge in [0.25, 0.3) is 5.56 Å². The van der Waals surface area contributed by atoms with Gasteiger partial charge in [-0.05, 0) is 32.0 Å². The normalized spacial score (nSPS) is 12.0. The fourth-order valence-corrected chi connectivity index (χ4v) is 2.42. The maximum absolute atomic E-state index is 12.7. The van der Waals surface area contributed by atoms with Gasteiger partial charge in [-0.1, -0.05) is 23.7 Å². The van der Waals surface area contributed by atoms with E-state index in [4.69, 9.17) is 11.6 Å². The number of carbonyl (C=O) groups excluding carboxylic acids is 1. The lowest BCUT2D eigenvalue weighted by Crippen LogP contribution is -2.42. The van der Waals surface area contributed by atoms with Crippen LogP contribution in [0.25, 0.3) is 5.69 Å². The molecule has 2 rings (SSSR count). The van der Waals surface area contributed by atoms with Crippen LogP contribution in [-0.4, -0.2) is 20.0 Å². The van der Waals surface area contributed by atoms with Crippen molar-refractivity contribution in [3.8, 4) is 11.6 Å². The van der Waals surface area contributed by atoms with Gasteiger partial charge in [-0.2, -0.15) is 0 Å². The second-order valence-electron chi connectivity index (χ2n) is 5.00. The van der Waals surface area contributed by atoms with E-state index in [0.29, 0.717) is 5.02 Å². The van der Waals surface area contributed by atoms with Crippen LogP contribution in [0.4, 0.5) is 0 Å². The van der Waals surface area contributed by atoms with Gasteiger partial charge in [-0.3, -0.25) is 14.2 Å². The summed E-state index contributed by atoms with van der Waals surface area (Å²) in [5.74, 6) is -1.31. The predicted molar refractivity (Wildman–Crippen MR) is 87.9 cm³/mol. The van der Waals surface area contributed by atoms with E-state index in [2.05, 4.69) is 6.58 Å². The van der Waals surface area contributed by atoms with Crippen LogP contribution in [0.15, 0.2) is 46.5 Å². The van der Waals surface area contributed by atoms with Gasteiger partial charge in [0.05, 0.1) is 11.7 Å². The lowest BCUT2D eigenvalue weighted by molar-refractivity contribution is 0.101. The molecule has 0 aliphatic carbocycles. The SMILES string of the molecule is C=CC(C)n1c(O)c(C(C)=O)c(=O)n(-c2cccc(Cl)c2)c1=O. The molecule has 1 aromatic carbocycles.